The van der Waals surface area contributed by atoms with Gasteiger partial charge in [0.05, 0.1) is 28.5 Å². The Hall–Kier alpha value is -0.710. The molecule has 0 aromatic carbocycles. The number of fused-ring (bicyclic) bond motifs is 1. The highest BCUT2D eigenvalue weighted by Gasteiger charge is 2.52. The van der Waals surface area contributed by atoms with Crippen molar-refractivity contribution < 1.29 is 9.47 Å². The predicted molar refractivity (Wildman–Crippen MR) is 110 cm³/mol. The molecule has 3 rings (SSSR count). The Balaban J connectivity index is 1.56. The van der Waals surface area contributed by atoms with E-state index in [4.69, 9.17) is 9.47 Å². The number of hydrogen-bond acceptors (Lipinski definition) is 4. The second-order valence-electron chi connectivity index (χ2n) is 8.15. The van der Waals surface area contributed by atoms with E-state index in [0.717, 1.165) is 23.7 Å². The van der Waals surface area contributed by atoms with E-state index in [1.165, 1.54) is 64.2 Å². The lowest BCUT2D eigenvalue weighted by Gasteiger charge is -2.17. The third kappa shape index (κ3) is 6.47. The molecule has 0 amide bonds. The summed E-state index contributed by atoms with van der Waals surface area (Å²) in [6.45, 7) is 5.17. The zero-order valence-electron chi connectivity index (χ0n) is 16.5. The molecule has 1 aromatic rings. The summed E-state index contributed by atoms with van der Waals surface area (Å²) in [5.41, 5.74) is 1.05. The van der Waals surface area contributed by atoms with Gasteiger partial charge in [0.15, 0.2) is 0 Å². The van der Waals surface area contributed by atoms with E-state index >= 15 is 0 Å². The van der Waals surface area contributed by atoms with Crippen LogP contribution in [-0.4, -0.2) is 29.4 Å². The van der Waals surface area contributed by atoms with Crippen molar-refractivity contribution in [3.8, 4) is 0 Å². The van der Waals surface area contributed by atoms with Crippen molar-refractivity contribution in [1.29, 1.82) is 0 Å². The molecule has 3 heterocycles. The lowest BCUT2D eigenvalue weighted by molar-refractivity contribution is 0.0609. The van der Waals surface area contributed by atoms with Crippen LogP contribution in [0.25, 0.3) is 6.08 Å². The Kier molecular flexibility index (Phi) is 7.71. The second kappa shape index (κ2) is 10.0. The average Bonchev–Trinajstić information content (AvgIpc) is 3.05. The molecule has 3 atom stereocenters. The van der Waals surface area contributed by atoms with Crippen molar-refractivity contribution in [2.75, 3.05) is 6.61 Å². The van der Waals surface area contributed by atoms with Crippen molar-refractivity contribution in [2.24, 2.45) is 0 Å². The summed E-state index contributed by atoms with van der Waals surface area (Å²) < 4.78 is 12.3. The Morgan fingerprint density at radius 2 is 1.77 bits per heavy atom. The third-order valence-electron chi connectivity index (χ3n) is 5.70. The first-order valence-electron chi connectivity index (χ1n) is 10.6. The quantitative estimate of drug-likeness (QED) is 0.566. The van der Waals surface area contributed by atoms with E-state index in [1.807, 2.05) is 0 Å². The fourth-order valence-electron chi connectivity index (χ4n) is 3.98. The van der Waals surface area contributed by atoms with E-state index in [1.54, 1.807) is 11.3 Å². The molecule has 3 unspecified atom stereocenters. The monoisotopic (exact) mass is 377 g/mol. The van der Waals surface area contributed by atoms with Crippen molar-refractivity contribution in [3.63, 3.8) is 0 Å². The zero-order valence-corrected chi connectivity index (χ0v) is 17.4. The summed E-state index contributed by atoms with van der Waals surface area (Å²) in [4.78, 5) is 4.53. The SMILES string of the molecule is Cc1nc(C=CC2CC3(C)OC3CCCCCCCCCCCO2)cs1. The Morgan fingerprint density at radius 3 is 2.46 bits per heavy atom. The van der Waals surface area contributed by atoms with Crippen LogP contribution >= 0.6 is 11.3 Å². The van der Waals surface area contributed by atoms with E-state index in [2.05, 4.69) is 36.4 Å². The number of ether oxygens (including phenoxy) is 2. The van der Waals surface area contributed by atoms with Crippen molar-refractivity contribution in [3.05, 3.63) is 22.2 Å². The molecule has 0 bridgehead atoms. The number of aromatic nitrogens is 1. The van der Waals surface area contributed by atoms with Gasteiger partial charge in [-0.05, 0) is 32.8 Å². The number of rotatable bonds is 2. The number of nitrogens with zero attached hydrogens (tertiary/aromatic N) is 1. The molecule has 3 nitrogen and oxygen atoms in total. The minimum Gasteiger partial charge on any atom is -0.374 e. The predicted octanol–water partition coefficient (Wildman–Crippen LogP) is 6.31. The molecule has 0 aliphatic carbocycles. The van der Waals surface area contributed by atoms with Crippen molar-refractivity contribution in [1.82, 2.24) is 4.98 Å². The lowest BCUT2D eigenvalue weighted by atomic mass is 9.95. The highest BCUT2D eigenvalue weighted by Crippen LogP contribution is 2.44. The van der Waals surface area contributed by atoms with Gasteiger partial charge in [0.25, 0.3) is 0 Å². The Bertz CT molecular complexity index is 570. The number of thiazole rings is 1. The van der Waals surface area contributed by atoms with Crippen LogP contribution in [0.15, 0.2) is 11.5 Å². The van der Waals surface area contributed by atoms with Crippen LogP contribution in [0.5, 0.6) is 0 Å². The zero-order chi connectivity index (χ0) is 18.2. The molecule has 2 aliphatic heterocycles. The molecule has 2 fully saturated rings. The van der Waals surface area contributed by atoms with Gasteiger partial charge in [0.1, 0.15) is 0 Å². The smallest absolute Gasteiger partial charge is 0.0948 e. The topological polar surface area (TPSA) is 34.7 Å². The molecule has 0 radical (unpaired) electrons. The summed E-state index contributed by atoms with van der Waals surface area (Å²) >= 11 is 1.70. The fourth-order valence-corrected chi connectivity index (χ4v) is 4.56. The van der Waals surface area contributed by atoms with E-state index in [9.17, 15) is 0 Å². The first-order valence-corrected chi connectivity index (χ1v) is 11.4. The van der Waals surface area contributed by atoms with Crippen molar-refractivity contribution >= 4 is 17.4 Å². The van der Waals surface area contributed by atoms with Gasteiger partial charge in [-0.3, -0.25) is 0 Å². The van der Waals surface area contributed by atoms with Gasteiger partial charge < -0.3 is 9.47 Å². The average molecular weight is 378 g/mol. The van der Waals surface area contributed by atoms with E-state index in [-0.39, 0.29) is 11.7 Å². The maximum Gasteiger partial charge on any atom is 0.0948 e. The number of hydrogen-bond donors (Lipinski definition) is 0. The third-order valence-corrected chi connectivity index (χ3v) is 6.49. The van der Waals surface area contributed by atoms with Gasteiger partial charge in [0.2, 0.25) is 0 Å². The van der Waals surface area contributed by atoms with Crippen LogP contribution in [0, 0.1) is 6.92 Å². The minimum absolute atomic E-state index is 0.00403. The molecule has 0 spiro atoms. The van der Waals surface area contributed by atoms with Crippen LogP contribution in [0.2, 0.25) is 0 Å². The summed E-state index contributed by atoms with van der Waals surface area (Å²) in [6.07, 6.45) is 19.1. The van der Waals surface area contributed by atoms with E-state index in [0.29, 0.717) is 6.10 Å². The molecular weight excluding hydrogens is 342 g/mol. The molecule has 26 heavy (non-hydrogen) atoms. The minimum atomic E-state index is 0.00403. The molecule has 4 heteroatoms. The number of epoxide rings is 1. The van der Waals surface area contributed by atoms with Gasteiger partial charge in [0, 0.05) is 18.4 Å². The van der Waals surface area contributed by atoms with Crippen LogP contribution < -0.4 is 0 Å². The lowest BCUT2D eigenvalue weighted by Crippen LogP contribution is -2.22. The van der Waals surface area contributed by atoms with Crippen LogP contribution in [0.1, 0.15) is 88.3 Å². The highest BCUT2D eigenvalue weighted by molar-refractivity contribution is 7.09. The van der Waals surface area contributed by atoms with Gasteiger partial charge in [-0.2, -0.15) is 0 Å². The van der Waals surface area contributed by atoms with Gasteiger partial charge in [-0.25, -0.2) is 4.98 Å². The first-order chi connectivity index (χ1) is 12.7. The molecule has 0 N–H and O–H groups in total. The summed E-state index contributed by atoms with van der Waals surface area (Å²) in [7, 11) is 0. The fraction of sp³-hybridized carbons (Fsp3) is 0.773. The Labute approximate surface area is 163 Å². The van der Waals surface area contributed by atoms with Gasteiger partial charge >= 0.3 is 0 Å². The standard InChI is InChI=1S/C22H35NO2S/c1-18-23-19(17-26-18)13-14-20-16-22(2)21(25-22)12-10-8-6-4-3-5-7-9-11-15-24-20/h13-14,17,20-21H,3-12,15-16H2,1-2H3. The van der Waals surface area contributed by atoms with Gasteiger partial charge in [-0.15, -0.1) is 11.3 Å². The summed E-state index contributed by atoms with van der Waals surface area (Å²) in [5, 5.41) is 3.22. The summed E-state index contributed by atoms with van der Waals surface area (Å²) in [6, 6.07) is 0. The molecule has 146 valence electrons. The van der Waals surface area contributed by atoms with Crippen molar-refractivity contribution in [2.45, 2.75) is 102 Å². The molecule has 0 saturated carbocycles. The van der Waals surface area contributed by atoms with Gasteiger partial charge in [-0.1, -0.05) is 57.4 Å². The largest absolute Gasteiger partial charge is 0.374 e. The second-order valence-corrected chi connectivity index (χ2v) is 9.22. The Morgan fingerprint density at radius 1 is 1.08 bits per heavy atom. The molecule has 1 aromatic heterocycles. The number of aryl methyl sites for hydroxylation is 1. The molecular formula is C22H35NO2S. The maximum absolute atomic E-state index is 6.24. The molecule has 2 saturated heterocycles. The normalized spacial score (nSPS) is 32.4. The first kappa shape index (κ1) is 20.0. The highest BCUT2D eigenvalue weighted by atomic mass is 32.1. The molecule has 2 aliphatic rings. The maximum atomic E-state index is 6.24. The van der Waals surface area contributed by atoms with Crippen LogP contribution in [-0.2, 0) is 9.47 Å². The van der Waals surface area contributed by atoms with E-state index < -0.39 is 0 Å². The summed E-state index contributed by atoms with van der Waals surface area (Å²) in [5.74, 6) is 0. The van der Waals surface area contributed by atoms with Crippen LogP contribution in [0.3, 0.4) is 0 Å². The van der Waals surface area contributed by atoms with Crippen LogP contribution in [0.4, 0.5) is 0 Å².